The first kappa shape index (κ1) is 25.8. The van der Waals surface area contributed by atoms with Crippen molar-refractivity contribution >= 4 is 0 Å². The molecule has 0 spiro atoms. The summed E-state index contributed by atoms with van der Waals surface area (Å²) in [5, 5.41) is 0. The molecular weight excluding hydrogens is 443 g/mol. The van der Waals surface area contributed by atoms with Crippen LogP contribution < -0.4 is 0 Å². The minimum atomic E-state index is -8.48. The highest BCUT2D eigenvalue weighted by molar-refractivity contribution is 5.15. The second-order valence-corrected chi connectivity index (χ2v) is 5.03. The van der Waals surface area contributed by atoms with Crippen LogP contribution in [0.25, 0.3) is 0 Å². The van der Waals surface area contributed by atoms with Crippen molar-refractivity contribution in [1.82, 2.24) is 0 Å². The van der Waals surface area contributed by atoms with Crippen LogP contribution in [0.2, 0.25) is 0 Å². The molecule has 0 rings (SSSR count). The number of rotatable bonds is 8. The lowest BCUT2D eigenvalue weighted by molar-refractivity contribution is -0.449. The van der Waals surface area contributed by atoms with E-state index in [1.165, 1.54) is 0 Å². The maximum Gasteiger partial charge on any atom is 0.385 e. The molecule has 0 saturated carbocycles. The first-order chi connectivity index (χ1) is 11.4. The van der Waals surface area contributed by atoms with Crippen LogP contribution in [0.3, 0.4) is 0 Å². The molecular formula is C10H5F17. The Morgan fingerprint density at radius 1 is 0.407 bits per heavy atom. The van der Waals surface area contributed by atoms with Crippen molar-refractivity contribution in [1.29, 1.82) is 0 Å². The summed E-state index contributed by atoms with van der Waals surface area (Å²) < 4.78 is 216. The van der Waals surface area contributed by atoms with Crippen molar-refractivity contribution in [2.75, 3.05) is 0 Å². The summed E-state index contributed by atoms with van der Waals surface area (Å²) in [5.74, 6) is -55.6. The molecule has 0 N–H and O–H groups in total. The molecule has 0 aliphatic carbocycles. The Labute approximate surface area is 137 Å². The highest BCUT2D eigenvalue weighted by Crippen LogP contribution is 2.63. The lowest BCUT2D eigenvalue weighted by atomic mass is 9.88. The Kier molecular flexibility index (Phi) is 6.14. The van der Waals surface area contributed by atoms with Crippen LogP contribution in [0, 0.1) is 0 Å². The summed E-state index contributed by atoms with van der Waals surface area (Å²) in [4.78, 5) is 0. The Hall–Kier alpha value is -1.19. The molecule has 0 fully saturated rings. The van der Waals surface area contributed by atoms with E-state index in [4.69, 9.17) is 0 Å². The van der Waals surface area contributed by atoms with Crippen LogP contribution in [-0.4, -0.2) is 54.1 Å². The zero-order chi connectivity index (χ0) is 22.7. The summed E-state index contributed by atoms with van der Waals surface area (Å²) in [6.07, 6.45) is -10.3. The van der Waals surface area contributed by atoms with Gasteiger partial charge >= 0.3 is 47.9 Å². The third kappa shape index (κ3) is 3.07. The Balaban J connectivity index is 6.62. The molecule has 0 radical (unpaired) electrons. The number of halogens is 17. The van der Waals surface area contributed by atoms with Crippen LogP contribution in [0.15, 0.2) is 0 Å². The van der Waals surface area contributed by atoms with E-state index in [-0.39, 0.29) is 0 Å². The highest BCUT2D eigenvalue weighted by atomic mass is 19.4. The molecule has 1 atom stereocenters. The molecule has 0 aliphatic rings. The van der Waals surface area contributed by atoms with Gasteiger partial charge in [-0.3, -0.25) is 0 Å². The molecule has 0 aromatic heterocycles. The standard InChI is InChI=1S/C10H5F17/c1-2(11)4(14,15)6(18,19)8(22,23)10(26,27)9(24,25)7(20,21)5(16,17)3(12)13/h2-3H,1H3. The van der Waals surface area contributed by atoms with Gasteiger partial charge in [0.2, 0.25) is 0 Å². The van der Waals surface area contributed by atoms with E-state index in [9.17, 15) is 74.6 Å². The summed E-state index contributed by atoms with van der Waals surface area (Å²) in [6, 6.07) is 0. The molecule has 0 bridgehead atoms. The zero-order valence-electron chi connectivity index (χ0n) is 12.1. The topological polar surface area (TPSA) is 0 Å². The smallest absolute Gasteiger partial charge is 0.241 e. The van der Waals surface area contributed by atoms with E-state index in [0.29, 0.717) is 0 Å². The van der Waals surface area contributed by atoms with Crippen molar-refractivity contribution in [3.8, 4) is 0 Å². The van der Waals surface area contributed by atoms with E-state index in [1.807, 2.05) is 0 Å². The summed E-state index contributed by atoms with van der Waals surface area (Å²) >= 11 is 0. The van der Waals surface area contributed by atoms with Crippen molar-refractivity contribution in [3.05, 3.63) is 0 Å². The molecule has 1 unspecified atom stereocenters. The summed E-state index contributed by atoms with van der Waals surface area (Å²) in [5.41, 5.74) is 0. The number of hydrogen-bond acceptors (Lipinski definition) is 0. The van der Waals surface area contributed by atoms with E-state index in [0.717, 1.165) is 0 Å². The summed E-state index contributed by atoms with van der Waals surface area (Å²) in [7, 11) is 0. The summed E-state index contributed by atoms with van der Waals surface area (Å²) in [6.45, 7) is -0.639. The first-order valence-electron chi connectivity index (χ1n) is 5.96. The Bertz CT molecular complexity index is 484. The molecule has 0 heterocycles. The third-order valence-corrected chi connectivity index (χ3v) is 3.19. The van der Waals surface area contributed by atoms with Gasteiger partial charge in [-0.15, -0.1) is 0 Å². The van der Waals surface area contributed by atoms with E-state index in [1.54, 1.807) is 0 Å². The van der Waals surface area contributed by atoms with Gasteiger partial charge in [0.1, 0.15) is 0 Å². The molecule has 27 heavy (non-hydrogen) atoms. The van der Waals surface area contributed by atoms with Gasteiger partial charge in [-0.05, 0) is 6.92 Å². The Morgan fingerprint density at radius 2 is 0.630 bits per heavy atom. The van der Waals surface area contributed by atoms with Crippen LogP contribution in [-0.2, 0) is 0 Å². The largest absolute Gasteiger partial charge is 0.385 e. The number of alkyl halides is 17. The monoisotopic (exact) mass is 448 g/mol. The molecule has 0 nitrogen and oxygen atoms in total. The maximum atomic E-state index is 13.1. The Morgan fingerprint density at radius 3 is 0.852 bits per heavy atom. The van der Waals surface area contributed by atoms with Crippen LogP contribution >= 0.6 is 0 Å². The second kappa shape index (κ2) is 6.42. The van der Waals surface area contributed by atoms with Crippen molar-refractivity contribution in [2.24, 2.45) is 0 Å². The van der Waals surface area contributed by atoms with Crippen LogP contribution in [0.1, 0.15) is 6.92 Å². The SMILES string of the molecule is CC(F)C(F)(F)C(F)(F)C(F)(F)C(F)(F)C(F)(F)C(F)(F)C(F)(F)C(F)F. The minimum Gasteiger partial charge on any atom is -0.241 e. The van der Waals surface area contributed by atoms with Crippen molar-refractivity contribution in [3.63, 3.8) is 0 Å². The van der Waals surface area contributed by atoms with Crippen LogP contribution in [0.5, 0.6) is 0 Å². The van der Waals surface area contributed by atoms with E-state index in [2.05, 4.69) is 0 Å². The van der Waals surface area contributed by atoms with Crippen LogP contribution in [0.4, 0.5) is 74.6 Å². The molecule has 164 valence electrons. The van der Waals surface area contributed by atoms with Gasteiger partial charge in [0.25, 0.3) is 0 Å². The first-order valence-corrected chi connectivity index (χ1v) is 5.96. The van der Waals surface area contributed by atoms with Crippen molar-refractivity contribution in [2.45, 2.75) is 61.0 Å². The fourth-order valence-electron chi connectivity index (χ4n) is 1.40. The van der Waals surface area contributed by atoms with Gasteiger partial charge in [0.05, 0.1) is 0 Å². The number of hydrogen-bond donors (Lipinski definition) is 0. The predicted molar refractivity (Wildman–Crippen MR) is 51.2 cm³/mol. The molecule has 0 aromatic carbocycles. The van der Waals surface area contributed by atoms with Gasteiger partial charge in [0.15, 0.2) is 6.17 Å². The third-order valence-electron chi connectivity index (χ3n) is 3.19. The van der Waals surface area contributed by atoms with Gasteiger partial charge in [-0.1, -0.05) is 0 Å². The van der Waals surface area contributed by atoms with Gasteiger partial charge in [-0.25, -0.2) is 13.2 Å². The fraction of sp³-hybridized carbons (Fsp3) is 1.00. The molecule has 0 amide bonds. The minimum absolute atomic E-state index is 0.639. The van der Waals surface area contributed by atoms with E-state index >= 15 is 0 Å². The fourth-order valence-corrected chi connectivity index (χ4v) is 1.40. The van der Waals surface area contributed by atoms with Gasteiger partial charge in [0, 0.05) is 0 Å². The van der Waals surface area contributed by atoms with E-state index < -0.39 is 61.0 Å². The molecule has 0 aromatic rings. The van der Waals surface area contributed by atoms with Gasteiger partial charge < -0.3 is 0 Å². The lowest BCUT2D eigenvalue weighted by Crippen LogP contribution is -2.74. The zero-order valence-corrected chi connectivity index (χ0v) is 12.1. The normalized spacial score (nSPS) is 17.4. The maximum absolute atomic E-state index is 13.1. The van der Waals surface area contributed by atoms with Gasteiger partial charge in [-0.2, -0.15) is 61.5 Å². The average molecular weight is 448 g/mol. The lowest BCUT2D eigenvalue weighted by Gasteiger charge is -2.42. The second-order valence-electron chi connectivity index (χ2n) is 5.03. The molecule has 0 aliphatic heterocycles. The predicted octanol–water partition coefficient (Wildman–Crippen LogP) is 6.06. The molecule has 0 saturated heterocycles. The average Bonchev–Trinajstić information content (AvgIpc) is 2.45. The highest BCUT2D eigenvalue weighted by Gasteiger charge is 2.93. The molecule has 17 heteroatoms. The van der Waals surface area contributed by atoms with Crippen molar-refractivity contribution < 1.29 is 74.6 Å². The quantitative estimate of drug-likeness (QED) is 0.397.